The molecule has 0 saturated carbocycles. The summed E-state index contributed by atoms with van der Waals surface area (Å²) < 4.78 is 65.2. The molecule has 3 nitrogen and oxygen atoms in total. The number of hydrogen-bond donors (Lipinski definition) is 2. The molecule has 1 unspecified atom stereocenters. The Morgan fingerprint density at radius 2 is 1.53 bits per heavy atom. The fourth-order valence-corrected chi connectivity index (χ4v) is 1.82. The Bertz CT molecular complexity index is 499. The van der Waals surface area contributed by atoms with Crippen molar-refractivity contribution in [2.45, 2.75) is 6.42 Å². The van der Waals surface area contributed by atoms with Gasteiger partial charge in [-0.15, -0.1) is 0 Å². The quantitative estimate of drug-likeness (QED) is 0.494. The summed E-state index contributed by atoms with van der Waals surface area (Å²) in [7, 11) is 0. The first-order valence-electron chi connectivity index (χ1n) is 5.46. The van der Waals surface area contributed by atoms with Gasteiger partial charge < -0.3 is 10.6 Å². The van der Waals surface area contributed by atoms with Crippen molar-refractivity contribution in [1.29, 1.82) is 0 Å². The van der Waals surface area contributed by atoms with Crippen molar-refractivity contribution < 1.29 is 26.7 Å². The minimum absolute atomic E-state index is 0.293. The summed E-state index contributed by atoms with van der Waals surface area (Å²) in [5, 5.41) is 4.60. The van der Waals surface area contributed by atoms with Crippen LogP contribution in [0.15, 0.2) is 0 Å². The largest absolute Gasteiger partial charge is 0.321 e. The zero-order valence-electron chi connectivity index (χ0n) is 9.50. The Kier molecular flexibility index (Phi) is 3.70. The number of rotatable bonds is 2. The molecular formula is C11H9F5N2O. The molecule has 0 radical (unpaired) electrons. The first-order chi connectivity index (χ1) is 8.93. The van der Waals surface area contributed by atoms with Gasteiger partial charge in [0.15, 0.2) is 23.3 Å². The Morgan fingerprint density at radius 3 is 2.00 bits per heavy atom. The van der Waals surface area contributed by atoms with Crippen LogP contribution in [0.25, 0.3) is 0 Å². The molecule has 1 amide bonds. The maximum Gasteiger partial charge on any atom is 0.228 e. The van der Waals surface area contributed by atoms with E-state index in [1.54, 1.807) is 5.32 Å². The van der Waals surface area contributed by atoms with E-state index < -0.39 is 46.6 Å². The average Bonchev–Trinajstić information content (AvgIpc) is 2.93. The van der Waals surface area contributed by atoms with E-state index in [0.29, 0.717) is 19.5 Å². The monoisotopic (exact) mass is 280 g/mol. The molecule has 1 aliphatic rings. The van der Waals surface area contributed by atoms with Gasteiger partial charge in [-0.3, -0.25) is 4.79 Å². The minimum Gasteiger partial charge on any atom is -0.321 e. The molecule has 0 aliphatic carbocycles. The van der Waals surface area contributed by atoms with Crippen molar-refractivity contribution >= 4 is 11.6 Å². The third kappa shape index (κ3) is 2.40. The highest BCUT2D eigenvalue weighted by molar-refractivity contribution is 5.93. The summed E-state index contributed by atoms with van der Waals surface area (Å²) in [6, 6.07) is 0. The van der Waals surface area contributed by atoms with Crippen molar-refractivity contribution in [3.8, 4) is 0 Å². The second-order valence-electron chi connectivity index (χ2n) is 4.12. The van der Waals surface area contributed by atoms with Gasteiger partial charge in [0.1, 0.15) is 5.69 Å². The summed E-state index contributed by atoms with van der Waals surface area (Å²) in [4.78, 5) is 11.6. The van der Waals surface area contributed by atoms with E-state index in [4.69, 9.17) is 0 Å². The summed E-state index contributed by atoms with van der Waals surface area (Å²) in [5.41, 5.74) is -1.31. The van der Waals surface area contributed by atoms with Crippen LogP contribution in [0.4, 0.5) is 27.6 Å². The highest BCUT2D eigenvalue weighted by atomic mass is 19.2. The number of hydrogen-bond acceptors (Lipinski definition) is 2. The summed E-state index contributed by atoms with van der Waals surface area (Å²) in [6.07, 6.45) is 0.432. The van der Waals surface area contributed by atoms with Crippen LogP contribution in [0.5, 0.6) is 0 Å². The van der Waals surface area contributed by atoms with Gasteiger partial charge in [-0.05, 0) is 13.0 Å². The predicted molar refractivity (Wildman–Crippen MR) is 55.8 cm³/mol. The van der Waals surface area contributed by atoms with Crippen molar-refractivity contribution in [2.24, 2.45) is 5.92 Å². The Morgan fingerprint density at radius 1 is 1.00 bits per heavy atom. The van der Waals surface area contributed by atoms with Gasteiger partial charge in [-0.2, -0.15) is 0 Å². The smallest absolute Gasteiger partial charge is 0.228 e. The van der Waals surface area contributed by atoms with Gasteiger partial charge in [0.2, 0.25) is 11.7 Å². The molecule has 1 fully saturated rings. The van der Waals surface area contributed by atoms with Crippen molar-refractivity contribution in [1.82, 2.24) is 5.32 Å². The summed E-state index contributed by atoms with van der Waals surface area (Å²) in [5.74, 6) is -11.9. The third-order valence-electron chi connectivity index (χ3n) is 2.89. The number of carbonyl (C=O) groups excluding carboxylic acids is 1. The molecule has 0 bridgehead atoms. The van der Waals surface area contributed by atoms with Gasteiger partial charge in [0.05, 0.1) is 5.92 Å². The topological polar surface area (TPSA) is 41.1 Å². The highest BCUT2D eigenvalue weighted by Gasteiger charge is 2.29. The molecule has 1 aliphatic heterocycles. The van der Waals surface area contributed by atoms with Gasteiger partial charge in [-0.25, -0.2) is 22.0 Å². The van der Waals surface area contributed by atoms with Crippen molar-refractivity contribution in [3.05, 3.63) is 29.1 Å². The number of benzene rings is 1. The molecule has 104 valence electrons. The lowest BCUT2D eigenvalue weighted by Crippen LogP contribution is -2.26. The van der Waals surface area contributed by atoms with Crippen LogP contribution in [0.1, 0.15) is 6.42 Å². The molecule has 1 aromatic rings. The molecule has 2 rings (SSSR count). The highest BCUT2D eigenvalue weighted by Crippen LogP contribution is 2.27. The van der Waals surface area contributed by atoms with Crippen LogP contribution < -0.4 is 10.6 Å². The fourth-order valence-electron chi connectivity index (χ4n) is 1.82. The van der Waals surface area contributed by atoms with Crippen LogP contribution in [-0.2, 0) is 4.79 Å². The first kappa shape index (κ1) is 13.7. The SMILES string of the molecule is O=C(Nc1c(F)c(F)c(F)c(F)c1F)C1CCNC1. The minimum atomic E-state index is -2.25. The zero-order valence-corrected chi connectivity index (χ0v) is 9.50. The molecule has 1 aromatic carbocycles. The maximum absolute atomic E-state index is 13.3. The van der Waals surface area contributed by atoms with E-state index in [1.165, 1.54) is 0 Å². The normalized spacial score (nSPS) is 18.7. The van der Waals surface area contributed by atoms with E-state index in [2.05, 4.69) is 5.32 Å². The van der Waals surface area contributed by atoms with Gasteiger partial charge >= 0.3 is 0 Å². The Labute approximate surface area is 104 Å². The number of amides is 1. The van der Waals surface area contributed by atoms with E-state index in [9.17, 15) is 26.7 Å². The van der Waals surface area contributed by atoms with Crippen LogP contribution in [0, 0.1) is 35.0 Å². The number of carbonyl (C=O) groups is 1. The van der Waals surface area contributed by atoms with E-state index in [-0.39, 0.29) is 0 Å². The molecule has 1 saturated heterocycles. The molecule has 2 N–H and O–H groups in total. The lowest BCUT2D eigenvalue weighted by Gasteiger charge is -2.12. The van der Waals surface area contributed by atoms with Crippen LogP contribution >= 0.6 is 0 Å². The number of halogens is 5. The first-order valence-corrected chi connectivity index (χ1v) is 5.46. The van der Waals surface area contributed by atoms with Crippen LogP contribution in [-0.4, -0.2) is 19.0 Å². The van der Waals surface area contributed by atoms with E-state index >= 15 is 0 Å². The molecule has 0 spiro atoms. The second-order valence-corrected chi connectivity index (χ2v) is 4.12. The molecule has 19 heavy (non-hydrogen) atoms. The fraction of sp³-hybridized carbons (Fsp3) is 0.364. The van der Waals surface area contributed by atoms with Crippen LogP contribution in [0.2, 0.25) is 0 Å². The summed E-state index contributed by atoms with van der Waals surface area (Å²) >= 11 is 0. The van der Waals surface area contributed by atoms with Crippen LogP contribution in [0.3, 0.4) is 0 Å². The van der Waals surface area contributed by atoms with Gasteiger partial charge in [0.25, 0.3) is 0 Å². The molecule has 8 heteroatoms. The Balaban J connectivity index is 2.32. The standard InChI is InChI=1S/C11H9F5N2O/c12-5-6(13)8(15)10(9(16)7(5)14)18-11(19)4-1-2-17-3-4/h4,17H,1-3H2,(H,18,19). The van der Waals surface area contributed by atoms with Crippen molar-refractivity contribution in [2.75, 3.05) is 18.4 Å². The average molecular weight is 280 g/mol. The number of anilines is 1. The predicted octanol–water partition coefficient (Wildman–Crippen LogP) is 1.93. The summed E-state index contributed by atoms with van der Waals surface area (Å²) in [6.45, 7) is 0.844. The lowest BCUT2D eigenvalue weighted by atomic mass is 10.1. The van der Waals surface area contributed by atoms with E-state index in [1.807, 2.05) is 0 Å². The molecule has 1 atom stereocenters. The zero-order chi connectivity index (χ0) is 14.2. The van der Waals surface area contributed by atoms with E-state index in [0.717, 1.165) is 0 Å². The maximum atomic E-state index is 13.3. The number of nitrogens with one attached hydrogen (secondary N) is 2. The Hall–Kier alpha value is -1.70. The van der Waals surface area contributed by atoms with Gasteiger partial charge in [0, 0.05) is 6.54 Å². The lowest BCUT2D eigenvalue weighted by molar-refractivity contribution is -0.119. The third-order valence-corrected chi connectivity index (χ3v) is 2.89. The molecular weight excluding hydrogens is 271 g/mol. The van der Waals surface area contributed by atoms with Crippen molar-refractivity contribution in [3.63, 3.8) is 0 Å². The molecule has 1 heterocycles. The van der Waals surface area contributed by atoms with Gasteiger partial charge in [-0.1, -0.05) is 0 Å². The molecule has 0 aromatic heterocycles. The second kappa shape index (κ2) is 5.12.